The van der Waals surface area contributed by atoms with E-state index in [4.69, 9.17) is 16.3 Å². The molecule has 1 fully saturated rings. The molecule has 2 rings (SSSR count). The molecule has 114 valence electrons. The molecule has 6 heteroatoms. The van der Waals surface area contributed by atoms with Crippen LogP contribution >= 0.6 is 11.6 Å². The lowest BCUT2D eigenvalue weighted by Gasteiger charge is -2.28. The van der Waals surface area contributed by atoms with Crippen molar-refractivity contribution in [2.45, 2.75) is 13.3 Å². The van der Waals surface area contributed by atoms with E-state index < -0.39 is 0 Å². The summed E-state index contributed by atoms with van der Waals surface area (Å²) in [6, 6.07) is 7.08. The Morgan fingerprint density at radius 3 is 2.67 bits per heavy atom. The molecule has 1 aliphatic rings. The van der Waals surface area contributed by atoms with E-state index >= 15 is 0 Å². The maximum atomic E-state index is 12.1. The first-order valence-corrected chi connectivity index (χ1v) is 7.35. The molecular weight excluding hydrogens is 292 g/mol. The number of hydrogen-bond acceptors (Lipinski definition) is 3. The van der Waals surface area contributed by atoms with Gasteiger partial charge in [0.15, 0.2) is 0 Å². The van der Waals surface area contributed by atoms with Crippen LogP contribution in [0.25, 0.3) is 0 Å². The fraction of sp³-hybridized carbons (Fsp3) is 0.467. The number of amides is 2. The van der Waals surface area contributed by atoms with Gasteiger partial charge in [-0.05, 0) is 18.2 Å². The minimum absolute atomic E-state index is 0.0478. The molecule has 1 heterocycles. The van der Waals surface area contributed by atoms with Gasteiger partial charge in [-0.2, -0.15) is 0 Å². The molecule has 0 radical (unpaired) electrons. The summed E-state index contributed by atoms with van der Waals surface area (Å²) in [5.41, 5.74) is 0.713. The largest absolute Gasteiger partial charge is 0.378 e. The Hall–Kier alpha value is -1.59. The smallest absolute Gasteiger partial charge is 0.224 e. The first-order chi connectivity index (χ1) is 10.1. The second-order valence-corrected chi connectivity index (χ2v) is 5.33. The number of carbonyl (C=O) groups excluding carboxylic acids is 2. The summed E-state index contributed by atoms with van der Waals surface area (Å²) < 4.78 is 5.22. The maximum absolute atomic E-state index is 12.1. The molecule has 1 aromatic rings. The van der Waals surface area contributed by atoms with Gasteiger partial charge in [0.2, 0.25) is 11.8 Å². The lowest BCUT2D eigenvalue weighted by molar-refractivity contribution is -0.135. The Bertz CT molecular complexity index is 515. The van der Waals surface area contributed by atoms with Crippen molar-refractivity contribution in [3.8, 4) is 0 Å². The number of anilines is 1. The van der Waals surface area contributed by atoms with Crippen LogP contribution in [0.15, 0.2) is 24.3 Å². The summed E-state index contributed by atoms with van der Waals surface area (Å²) in [4.78, 5) is 27.3. The molecule has 5 nitrogen and oxygen atoms in total. The number of benzene rings is 1. The summed E-state index contributed by atoms with van der Waals surface area (Å²) in [6.07, 6.45) is 0.298. The van der Waals surface area contributed by atoms with Crippen molar-refractivity contribution in [1.29, 1.82) is 0 Å². The van der Waals surface area contributed by atoms with Crippen LogP contribution in [-0.2, 0) is 14.3 Å². The minimum Gasteiger partial charge on any atom is -0.378 e. The number of halogens is 1. The van der Waals surface area contributed by atoms with Gasteiger partial charge < -0.3 is 14.5 Å². The fourth-order valence-corrected chi connectivity index (χ4v) is 2.48. The van der Waals surface area contributed by atoms with Gasteiger partial charge in [-0.3, -0.25) is 9.59 Å². The minimum atomic E-state index is -0.105. The molecule has 0 N–H and O–H groups in total. The molecule has 2 amide bonds. The van der Waals surface area contributed by atoms with Crippen LogP contribution in [0.2, 0.25) is 5.02 Å². The Kier molecular flexibility index (Phi) is 5.59. The van der Waals surface area contributed by atoms with Crippen LogP contribution in [0, 0.1) is 0 Å². The van der Waals surface area contributed by atoms with E-state index in [0.717, 1.165) is 0 Å². The Morgan fingerprint density at radius 1 is 1.33 bits per heavy atom. The molecule has 1 aliphatic heterocycles. The third kappa shape index (κ3) is 4.44. The molecule has 0 unspecified atom stereocenters. The molecule has 0 aliphatic carbocycles. The highest BCUT2D eigenvalue weighted by Crippen LogP contribution is 2.20. The first-order valence-electron chi connectivity index (χ1n) is 6.97. The zero-order valence-electron chi connectivity index (χ0n) is 12.0. The molecule has 0 bridgehead atoms. The van der Waals surface area contributed by atoms with Gasteiger partial charge >= 0.3 is 0 Å². The van der Waals surface area contributed by atoms with E-state index in [2.05, 4.69) is 0 Å². The van der Waals surface area contributed by atoms with Crippen LogP contribution in [0.3, 0.4) is 0 Å². The van der Waals surface area contributed by atoms with Crippen LogP contribution in [0.5, 0.6) is 0 Å². The predicted octanol–water partition coefficient (Wildman–Crippen LogP) is 1.94. The molecule has 0 aromatic heterocycles. The topological polar surface area (TPSA) is 49.9 Å². The predicted molar refractivity (Wildman–Crippen MR) is 81.5 cm³/mol. The van der Waals surface area contributed by atoms with Gasteiger partial charge in [0.1, 0.15) is 0 Å². The van der Waals surface area contributed by atoms with Crippen molar-refractivity contribution in [3.05, 3.63) is 29.3 Å². The number of carbonyl (C=O) groups is 2. The monoisotopic (exact) mass is 310 g/mol. The third-order valence-electron chi connectivity index (χ3n) is 3.41. The fourth-order valence-electron chi connectivity index (χ4n) is 2.29. The zero-order chi connectivity index (χ0) is 15.2. The highest BCUT2D eigenvalue weighted by Gasteiger charge is 2.19. The van der Waals surface area contributed by atoms with Gasteiger partial charge in [0, 0.05) is 43.7 Å². The second-order valence-electron chi connectivity index (χ2n) is 4.89. The number of nitrogens with zero attached hydrogens (tertiary/aromatic N) is 2. The molecular formula is C15H19ClN2O3. The highest BCUT2D eigenvalue weighted by molar-refractivity contribution is 6.30. The van der Waals surface area contributed by atoms with Crippen LogP contribution in [-0.4, -0.2) is 49.6 Å². The molecule has 0 atom stereocenters. The molecule has 1 aromatic carbocycles. The average Bonchev–Trinajstić information content (AvgIpc) is 2.48. The molecule has 0 saturated carbocycles. The van der Waals surface area contributed by atoms with Crippen LogP contribution < -0.4 is 4.90 Å². The first kappa shape index (κ1) is 15.8. The number of ether oxygens (including phenoxy) is 1. The highest BCUT2D eigenvalue weighted by atomic mass is 35.5. The van der Waals surface area contributed by atoms with Crippen molar-refractivity contribution < 1.29 is 14.3 Å². The number of morpholine rings is 1. The Labute approximate surface area is 129 Å². The van der Waals surface area contributed by atoms with Crippen LogP contribution in [0.4, 0.5) is 5.69 Å². The number of hydrogen-bond donors (Lipinski definition) is 0. The summed E-state index contributed by atoms with van der Waals surface area (Å²) in [5.74, 6) is -0.0568. The van der Waals surface area contributed by atoms with Crippen molar-refractivity contribution in [2.24, 2.45) is 0 Å². The van der Waals surface area contributed by atoms with Crippen LogP contribution in [0.1, 0.15) is 13.3 Å². The third-order valence-corrected chi connectivity index (χ3v) is 3.65. The maximum Gasteiger partial charge on any atom is 0.224 e. The lowest BCUT2D eigenvalue weighted by Crippen LogP contribution is -2.42. The van der Waals surface area contributed by atoms with Gasteiger partial charge in [0.05, 0.1) is 13.2 Å². The number of rotatable bonds is 4. The Morgan fingerprint density at radius 2 is 2.05 bits per heavy atom. The quantitative estimate of drug-likeness (QED) is 0.854. The van der Waals surface area contributed by atoms with Crippen molar-refractivity contribution in [2.75, 3.05) is 37.7 Å². The average molecular weight is 311 g/mol. The van der Waals surface area contributed by atoms with E-state index in [-0.39, 0.29) is 11.8 Å². The molecule has 0 spiro atoms. The van der Waals surface area contributed by atoms with Gasteiger partial charge in [-0.1, -0.05) is 17.7 Å². The van der Waals surface area contributed by atoms with Gasteiger partial charge in [-0.25, -0.2) is 0 Å². The normalized spacial score (nSPS) is 14.9. The standard InChI is InChI=1S/C15H19ClN2O3/c1-12(19)18(14-4-2-3-13(16)11-14)6-5-15(20)17-7-9-21-10-8-17/h2-4,11H,5-10H2,1H3. The summed E-state index contributed by atoms with van der Waals surface area (Å²) in [7, 11) is 0. The van der Waals surface area contributed by atoms with E-state index in [9.17, 15) is 9.59 Å². The van der Waals surface area contributed by atoms with E-state index in [1.54, 1.807) is 28.0 Å². The Balaban J connectivity index is 1.97. The van der Waals surface area contributed by atoms with Crippen molar-refractivity contribution >= 4 is 29.1 Å². The summed E-state index contributed by atoms with van der Waals surface area (Å²) >= 11 is 5.95. The van der Waals surface area contributed by atoms with Crippen molar-refractivity contribution in [1.82, 2.24) is 4.90 Å². The van der Waals surface area contributed by atoms with E-state index in [1.807, 2.05) is 6.07 Å². The molecule has 21 heavy (non-hydrogen) atoms. The van der Waals surface area contributed by atoms with Gasteiger partial charge in [-0.15, -0.1) is 0 Å². The summed E-state index contributed by atoms with van der Waals surface area (Å²) in [6.45, 7) is 4.24. The second kappa shape index (κ2) is 7.43. The summed E-state index contributed by atoms with van der Waals surface area (Å²) in [5, 5.41) is 0.568. The van der Waals surface area contributed by atoms with E-state index in [1.165, 1.54) is 6.92 Å². The molecule has 1 saturated heterocycles. The SMILES string of the molecule is CC(=O)N(CCC(=O)N1CCOCC1)c1cccc(Cl)c1. The zero-order valence-corrected chi connectivity index (χ0v) is 12.8. The lowest BCUT2D eigenvalue weighted by atomic mass is 10.2. The van der Waals surface area contributed by atoms with Gasteiger partial charge in [0.25, 0.3) is 0 Å². The van der Waals surface area contributed by atoms with E-state index in [0.29, 0.717) is 50.0 Å². The van der Waals surface area contributed by atoms with Crippen molar-refractivity contribution in [3.63, 3.8) is 0 Å².